The van der Waals surface area contributed by atoms with Gasteiger partial charge in [0.2, 0.25) is 0 Å². The molecule has 0 bridgehead atoms. The summed E-state index contributed by atoms with van der Waals surface area (Å²) in [6, 6.07) is 7.26. The van der Waals surface area contributed by atoms with E-state index in [1.807, 2.05) is 12.1 Å². The zero-order valence-corrected chi connectivity index (χ0v) is 16.7. The quantitative estimate of drug-likeness (QED) is 0.390. The van der Waals surface area contributed by atoms with Gasteiger partial charge in [-0.25, -0.2) is 14.4 Å². The number of hydrazine groups is 1. The van der Waals surface area contributed by atoms with E-state index in [4.69, 9.17) is 0 Å². The smallest absolute Gasteiger partial charge is 0.123 e. The normalized spacial score (nSPS) is 16.6. The van der Waals surface area contributed by atoms with Crippen molar-refractivity contribution in [2.75, 3.05) is 13.6 Å². The molecule has 0 aromatic heterocycles. The SMILES string of the molecule is C=CC1=C(C(CCC)N(CCC)N(C)Cc2cccc(F)c2)PC1=C. The van der Waals surface area contributed by atoms with Crippen molar-refractivity contribution in [3.05, 3.63) is 71.1 Å². The Labute approximate surface area is 153 Å². The van der Waals surface area contributed by atoms with Crippen LogP contribution in [-0.2, 0) is 6.54 Å². The number of halogens is 1. The third kappa shape index (κ3) is 4.88. The van der Waals surface area contributed by atoms with Crippen LogP contribution in [0, 0.1) is 5.82 Å². The first-order chi connectivity index (χ1) is 12.0. The summed E-state index contributed by atoms with van der Waals surface area (Å²) >= 11 is 0. The van der Waals surface area contributed by atoms with E-state index in [2.05, 4.69) is 44.1 Å². The lowest BCUT2D eigenvalue weighted by atomic mass is 10.0. The van der Waals surface area contributed by atoms with Crippen molar-refractivity contribution in [3.8, 4) is 0 Å². The molecule has 0 N–H and O–H groups in total. The molecule has 1 aromatic rings. The van der Waals surface area contributed by atoms with Crippen LogP contribution in [0.15, 0.2) is 59.7 Å². The number of hydrogen-bond acceptors (Lipinski definition) is 2. The predicted octanol–water partition coefficient (Wildman–Crippen LogP) is 5.70. The average molecular weight is 360 g/mol. The van der Waals surface area contributed by atoms with Crippen molar-refractivity contribution >= 4 is 8.58 Å². The molecular weight excluding hydrogens is 330 g/mol. The minimum Gasteiger partial charge on any atom is -0.240 e. The topological polar surface area (TPSA) is 6.48 Å². The molecule has 2 atom stereocenters. The van der Waals surface area contributed by atoms with Crippen LogP contribution in [-0.4, -0.2) is 29.7 Å². The van der Waals surface area contributed by atoms with Gasteiger partial charge in [0.1, 0.15) is 5.82 Å². The van der Waals surface area contributed by atoms with Crippen molar-refractivity contribution in [2.45, 2.75) is 45.7 Å². The van der Waals surface area contributed by atoms with Crippen LogP contribution in [0.4, 0.5) is 4.39 Å². The Morgan fingerprint density at radius 2 is 2.04 bits per heavy atom. The number of rotatable bonds is 10. The highest BCUT2D eigenvalue weighted by Crippen LogP contribution is 2.53. The molecular formula is C21H30FN2P. The van der Waals surface area contributed by atoms with Gasteiger partial charge in [0.15, 0.2) is 0 Å². The molecule has 0 aliphatic carbocycles. The molecule has 2 nitrogen and oxygen atoms in total. The first kappa shape index (κ1) is 20.0. The lowest BCUT2D eigenvalue weighted by molar-refractivity contribution is -0.0361. The molecule has 0 amide bonds. The van der Waals surface area contributed by atoms with Gasteiger partial charge in [0, 0.05) is 20.1 Å². The Bertz CT molecular complexity index is 653. The summed E-state index contributed by atoms with van der Waals surface area (Å²) in [5, 5.41) is 7.39. The summed E-state index contributed by atoms with van der Waals surface area (Å²) in [6.07, 6.45) is 5.27. The molecule has 4 heteroatoms. The summed E-state index contributed by atoms with van der Waals surface area (Å²) in [6.45, 7) is 14.2. The minimum absolute atomic E-state index is 0.175. The molecule has 1 heterocycles. The predicted molar refractivity (Wildman–Crippen MR) is 108 cm³/mol. The monoisotopic (exact) mass is 360 g/mol. The first-order valence-electron chi connectivity index (χ1n) is 9.06. The van der Waals surface area contributed by atoms with Gasteiger partial charge in [-0.05, 0) is 46.7 Å². The fourth-order valence-corrected chi connectivity index (χ4v) is 4.75. The second-order valence-electron chi connectivity index (χ2n) is 6.55. The van der Waals surface area contributed by atoms with E-state index >= 15 is 0 Å². The highest BCUT2D eigenvalue weighted by molar-refractivity contribution is 7.51. The highest BCUT2D eigenvalue weighted by atomic mass is 31.1. The van der Waals surface area contributed by atoms with Crippen LogP contribution in [0.25, 0.3) is 0 Å². The maximum absolute atomic E-state index is 13.5. The summed E-state index contributed by atoms with van der Waals surface area (Å²) in [5.74, 6) is -0.175. The van der Waals surface area contributed by atoms with Gasteiger partial charge in [-0.1, -0.05) is 60.2 Å². The van der Waals surface area contributed by atoms with Crippen molar-refractivity contribution in [1.82, 2.24) is 10.0 Å². The van der Waals surface area contributed by atoms with Crippen molar-refractivity contribution in [1.29, 1.82) is 0 Å². The van der Waals surface area contributed by atoms with E-state index in [9.17, 15) is 4.39 Å². The summed E-state index contributed by atoms with van der Waals surface area (Å²) in [7, 11) is 2.81. The van der Waals surface area contributed by atoms with Gasteiger partial charge in [-0.2, -0.15) is 0 Å². The molecule has 0 radical (unpaired) electrons. The zero-order valence-electron chi connectivity index (χ0n) is 15.7. The fraction of sp³-hybridized carbons (Fsp3) is 0.429. The number of nitrogens with zero attached hydrogens (tertiary/aromatic N) is 2. The van der Waals surface area contributed by atoms with Crippen LogP contribution in [0.1, 0.15) is 38.7 Å². The van der Waals surface area contributed by atoms with Crippen LogP contribution in [0.2, 0.25) is 0 Å². The summed E-state index contributed by atoms with van der Waals surface area (Å²) < 4.78 is 13.5. The molecule has 2 unspecified atom stereocenters. The van der Waals surface area contributed by atoms with Crippen molar-refractivity contribution < 1.29 is 4.39 Å². The number of benzene rings is 1. The fourth-order valence-electron chi connectivity index (χ4n) is 3.39. The Morgan fingerprint density at radius 3 is 2.60 bits per heavy atom. The maximum atomic E-state index is 13.5. The van der Waals surface area contributed by atoms with Crippen LogP contribution in [0.3, 0.4) is 0 Å². The number of allylic oxidation sites excluding steroid dienone is 3. The highest BCUT2D eigenvalue weighted by Gasteiger charge is 2.31. The van der Waals surface area contributed by atoms with Crippen LogP contribution < -0.4 is 0 Å². The summed E-state index contributed by atoms with van der Waals surface area (Å²) in [5.41, 5.74) is 2.24. The lowest BCUT2D eigenvalue weighted by Crippen LogP contribution is -2.48. The standard InChI is InChI=1S/C21H30FN2P/c1-6-10-20(21-19(8-3)16(4)25-21)24(13-7-2)23(5)15-17-11-9-12-18(22)14-17/h8-9,11-12,14,20,25H,3-4,6-7,10,13,15H2,1-2,5H3. The van der Waals surface area contributed by atoms with Crippen LogP contribution in [0.5, 0.6) is 0 Å². The van der Waals surface area contributed by atoms with E-state index < -0.39 is 0 Å². The Kier molecular flexibility index (Phi) is 7.56. The third-order valence-corrected chi connectivity index (χ3v) is 5.99. The molecule has 0 saturated carbocycles. The summed E-state index contributed by atoms with van der Waals surface area (Å²) in [4.78, 5) is 0. The zero-order chi connectivity index (χ0) is 18.4. The molecule has 0 saturated heterocycles. The van der Waals surface area contributed by atoms with Gasteiger partial charge in [-0.3, -0.25) is 0 Å². The van der Waals surface area contributed by atoms with Gasteiger partial charge < -0.3 is 0 Å². The Hall–Kier alpha value is -1.28. The first-order valence-corrected chi connectivity index (χ1v) is 10.1. The van der Waals surface area contributed by atoms with Gasteiger partial charge >= 0.3 is 0 Å². The molecule has 25 heavy (non-hydrogen) atoms. The molecule has 136 valence electrons. The van der Waals surface area contributed by atoms with Crippen molar-refractivity contribution in [3.63, 3.8) is 0 Å². The largest absolute Gasteiger partial charge is 0.240 e. The van der Waals surface area contributed by atoms with Gasteiger partial charge in [0.25, 0.3) is 0 Å². The van der Waals surface area contributed by atoms with Gasteiger partial charge in [0.05, 0.1) is 6.04 Å². The van der Waals surface area contributed by atoms with E-state index in [-0.39, 0.29) is 5.82 Å². The van der Waals surface area contributed by atoms with Crippen LogP contribution >= 0.6 is 8.58 Å². The molecule has 0 spiro atoms. The third-order valence-electron chi connectivity index (χ3n) is 4.55. The Morgan fingerprint density at radius 1 is 1.28 bits per heavy atom. The van der Waals surface area contributed by atoms with E-state index in [0.29, 0.717) is 21.2 Å². The molecule has 0 fully saturated rings. The maximum Gasteiger partial charge on any atom is 0.123 e. The molecule has 2 rings (SSSR count). The van der Waals surface area contributed by atoms with Gasteiger partial charge in [-0.15, -0.1) is 0 Å². The molecule has 1 aromatic carbocycles. The average Bonchev–Trinajstić information content (AvgIpc) is 2.56. The molecule has 1 aliphatic rings. The Balaban J connectivity index is 2.25. The second kappa shape index (κ2) is 9.43. The van der Waals surface area contributed by atoms with E-state index in [1.165, 1.54) is 22.3 Å². The van der Waals surface area contributed by atoms with E-state index in [1.54, 1.807) is 12.1 Å². The second-order valence-corrected chi connectivity index (χ2v) is 7.94. The lowest BCUT2D eigenvalue weighted by Gasteiger charge is -2.43. The van der Waals surface area contributed by atoms with Crippen molar-refractivity contribution in [2.24, 2.45) is 0 Å². The molecule has 1 aliphatic heterocycles. The van der Waals surface area contributed by atoms with E-state index in [0.717, 1.165) is 31.4 Å². The minimum atomic E-state index is -0.175. The number of hydrogen-bond donors (Lipinski definition) is 0.